The van der Waals surface area contributed by atoms with Crippen molar-refractivity contribution < 1.29 is 8.42 Å². The van der Waals surface area contributed by atoms with Gasteiger partial charge in [0.1, 0.15) is 0 Å². The lowest BCUT2D eigenvalue weighted by Crippen LogP contribution is -2.49. The fourth-order valence-electron chi connectivity index (χ4n) is 1.41. The molecule has 5 heteroatoms. The second-order valence-corrected chi connectivity index (χ2v) is 6.12. The quantitative estimate of drug-likeness (QED) is 0.771. The number of rotatable bonds is 4. The fourth-order valence-corrected chi connectivity index (χ4v) is 3.13. The molecule has 0 aromatic rings. The van der Waals surface area contributed by atoms with Gasteiger partial charge in [-0.05, 0) is 33.1 Å². The summed E-state index contributed by atoms with van der Waals surface area (Å²) >= 11 is 0. The molecule has 1 aliphatic heterocycles. The summed E-state index contributed by atoms with van der Waals surface area (Å²) < 4.78 is 27.9. The average molecular weight is 220 g/mol. The number of hydrogen-bond acceptors (Lipinski definition) is 2. The summed E-state index contributed by atoms with van der Waals surface area (Å²) in [6.45, 7) is 7.11. The average Bonchev–Trinajstić information content (AvgIpc) is 2.54. The van der Waals surface area contributed by atoms with E-state index in [0.717, 1.165) is 19.3 Å². The first kappa shape index (κ1) is 11.9. The molecule has 0 aromatic carbocycles. The molecule has 1 saturated heterocycles. The van der Waals surface area contributed by atoms with E-state index >= 15 is 0 Å². The molecule has 1 N–H and O–H groups in total. The first-order valence-electron chi connectivity index (χ1n) is 5.16. The zero-order valence-electron chi connectivity index (χ0n) is 9.21. The van der Waals surface area contributed by atoms with Crippen LogP contribution in [0.2, 0.25) is 0 Å². The Hall–Kier alpha value is -0.130. The van der Waals surface area contributed by atoms with E-state index in [4.69, 9.17) is 0 Å². The lowest BCUT2D eigenvalue weighted by Gasteiger charge is -2.27. The van der Waals surface area contributed by atoms with Crippen LogP contribution in [-0.4, -0.2) is 31.4 Å². The number of nitrogens with zero attached hydrogens (tertiary/aromatic N) is 1. The molecule has 1 heterocycles. The highest BCUT2D eigenvalue weighted by Gasteiger charge is 2.30. The molecule has 0 saturated carbocycles. The molecule has 0 spiro atoms. The van der Waals surface area contributed by atoms with Crippen molar-refractivity contribution in [2.75, 3.05) is 13.1 Å². The molecule has 0 aromatic heterocycles. The van der Waals surface area contributed by atoms with E-state index in [2.05, 4.69) is 4.72 Å². The maximum absolute atomic E-state index is 11.8. The highest BCUT2D eigenvalue weighted by Crippen LogP contribution is 2.15. The van der Waals surface area contributed by atoms with Crippen LogP contribution in [-0.2, 0) is 10.2 Å². The molecule has 0 amide bonds. The van der Waals surface area contributed by atoms with Gasteiger partial charge in [0, 0.05) is 18.6 Å². The Morgan fingerprint density at radius 2 is 1.79 bits per heavy atom. The zero-order valence-corrected chi connectivity index (χ0v) is 10.0. The number of hydrogen-bond donors (Lipinski definition) is 1. The maximum Gasteiger partial charge on any atom is 0.279 e. The summed E-state index contributed by atoms with van der Waals surface area (Å²) in [6.07, 6.45) is 2.75. The van der Waals surface area contributed by atoms with Crippen LogP contribution in [0.25, 0.3) is 0 Å². The van der Waals surface area contributed by atoms with Crippen molar-refractivity contribution in [3.63, 3.8) is 0 Å². The Balaban J connectivity index is 2.66. The van der Waals surface area contributed by atoms with Crippen molar-refractivity contribution in [3.05, 3.63) is 0 Å². The summed E-state index contributed by atoms with van der Waals surface area (Å²) in [6, 6.07) is 0. The van der Waals surface area contributed by atoms with Gasteiger partial charge in [0.05, 0.1) is 0 Å². The molecule has 1 aliphatic rings. The van der Waals surface area contributed by atoms with Crippen LogP contribution in [0, 0.1) is 0 Å². The van der Waals surface area contributed by atoms with E-state index < -0.39 is 10.2 Å². The van der Waals surface area contributed by atoms with E-state index in [1.54, 1.807) is 0 Å². The van der Waals surface area contributed by atoms with Gasteiger partial charge < -0.3 is 0 Å². The van der Waals surface area contributed by atoms with Gasteiger partial charge in [0.25, 0.3) is 10.2 Å². The van der Waals surface area contributed by atoms with Crippen molar-refractivity contribution in [2.45, 2.75) is 45.6 Å². The Kier molecular flexibility index (Phi) is 3.55. The van der Waals surface area contributed by atoms with Crippen molar-refractivity contribution >= 4 is 10.2 Å². The first-order valence-corrected chi connectivity index (χ1v) is 6.60. The van der Waals surface area contributed by atoms with E-state index in [1.165, 1.54) is 4.31 Å². The van der Waals surface area contributed by atoms with Gasteiger partial charge in [0.2, 0.25) is 0 Å². The van der Waals surface area contributed by atoms with Crippen LogP contribution < -0.4 is 4.72 Å². The minimum Gasteiger partial charge on any atom is -0.197 e. The first-order chi connectivity index (χ1) is 6.37. The second kappa shape index (κ2) is 4.16. The molecule has 1 rings (SSSR count). The molecule has 0 aliphatic carbocycles. The van der Waals surface area contributed by atoms with Crippen LogP contribution in [0.3, 0.4) is 0 Å². The largest absolute Gasteiger partial charge is 0.279 e. The van der Waals surface area contributed by atoms with Gasteiger partial charge in [0.15, 0.2) is 0 Å². The van der Waals surface area contributed by atoms with Crippen molar-refractivity contribution in [1.82, 2.24) is 9.03 Å². The fraction of sp³-hybridized carbons (Fsp3) is 1.00. The van der Waals surface area contributed by atoms with E-state index in [9.17, 15) is 8.42 Å². The number of nitrogens with one attached hydrogen (secondary N) is 1. The maximum atomic E-state index is 11.8. The highest BCUT2D eigenvalue weighted by molar-refractivity contribution is 7.87. The Labute approximate surface area is 86.9 Å². The van der Waals surface area contributed by atoms with Crippen molar-refractivity contribution in [1.29, 1.82) is 0 Å². The van der Waals surface area contributed by atoms with Crippen LogP contribution in [0.4, 0.5) is 0 Å². The van der Waals surface area contributed by atoms with Crippen LogP contribution in [0.1, 0.15) is 40.0 Å². The molecule has 0 bridgehead atoms. The van der Waals surface area contributed by atoms with Gasteiger partial charge >= 0.3 is 0 Å². The predicted octanol–water partition coefficient (Wildman–Crippen LogP) is 1.11. The standard InChI is InChI=1S/C9H20N2O2S/c1-4-9(2,3)10-14(12,13)11-7-5-6-8-11/h10H,4-8H2,1-3H3. The lowest BCUT2D eigenvalue weighted by molar-refractivity contribution is 0.401. The topological polar surface area (TPSA) is 49.4 Å². The summed E-state index contributed by atoms with van der Waals surface area (Å²) in [5.74, 6) is 0. The van der Waals surface area contributed by atoms with Gasteiger partial charge in [-0.25, -0.2) is 0 Å². The Morgan fingerprint density at radius 1 is 1.29 bits per heavy atom. The van der Waals surface area contributed by atoms with Crippen LogP contribution >= 0.6 is 0 Å². The van der Waals surface area contributed by atoms with Gasteiger partial charge in [-0.1, -0.05) is 6.92 Å². The highest BCUT2D eigenvalue weighted by atomic mass is 32.2. The molecular weight excluding hydrogens is 200 g/mol. The third kappa shape index (κ3) is 2.93. The third-order valence-corrected chi connectivity index (χ3v) is 4.55. The minimum absolute atomic E-state index is 0.346. The SMILES string of the molecule is CCC(C)(C)NS(=O)(=O)N1CCCC1. The molecular formula is C9H20N2O2S. The zero-order chi connectivity index (χ0) is 10.8. The van der Waals surface area contributed by atoms with Crippen LogP contribution in [0.15, 0.2) is 0 Å². The molecule has 0 radical (unpaired) electrons. The van der Waals surface area contributed by atoms with E-state index in [0.29, 0.717) is 13.1 Å². The molecule has 4 nitrogen and oxygen atoms in total. The third-order valence-electron chi connectivity index (χ3n) is 2.69. The monoisotopic (exact) mass is 220 g/mol. The molecule has 0 atom stereocenters. The molecule has 1 fully saturated rings. The minimum atomic E-state index is -3.25. The van der Waals surface area contributed by atoms with Crippen molar-refractivity contribution in [3.8, 4) is 0 Å². The molecule has 0 unspecified atom stereocenters. The summed E-state index contributed by atoms with van der Waals surface area (Å²) in [7, 11) is -3.25. The Bertz CT molecular complexity index is 279. The van der Waals surface area contributed by atoms with Crippen LogP contribution in [0.5, 0.6) is 0 Å². The summed E-state index contributed by atoms with van der Waals surface area (Å²) in [4.78, 5) is 0. The smallest absolute Gasteiger partial charge is 0.197 e. The van der Waals surface area contributed by atoms with Gasteiger partial charge in [-0.15, -0.1) is 0 Å². The van der Waals surface area contributed by atoms with E-state index in [1.807, 2.05) is 20.8 Å². The molecule has 14 heavy (non-hydrogen) atoms. The summed E-state index contributed by atoms with van der Waals surface area (Å²) in [5.41, 5.74) is -0.346. The lowest BCUT2D eigenvalue weighted by atomic mass is 10.0. The molecule has 84 valence electrons. The predicted molar refractivity (Wildman–Crippen MR) is 57.2 cm³/mol. The summed E-state index contributed by atoms with van der Waals surface area (Å²) in [5, 5.41) is 0. The van der Waals surface area contributed by atoms with Crippen molar-refractivity contribution in [2.24, 2.45) is 0 Å². The van der Waals surface area contributed by atoms with E-state index in [-0.39, 0.29) is 5.54 Å². The Morgan fingerprint density at radius 3 is 2.21 bits per heavy atom. The normalized spacial score (nSPS) is 20.2. The second-order valence-electron chi connectivity index (χ2n) is 4.45. The van der Waals surface area contributed by atoms with Gasteiger partial charge in [-0.2, -0.15) is 17.4 Å². The van der Waals surface area contributed by atoms with Gasteiger partial charge in [-0.3, -0.25) is 0 Å².